The van der Waals surface area contributed by atoms with Crippen molar-refractivity contribution in [1.29, 1.82) is 0 Å². The van der Waals surface area contributed by atoms with E-state index in [1.54, 1.807) is 13.3 Å². The van der Waals surface area contributed by atoms with Crippen LogP contribution in [0.15, 0.2) is 48.8 Å². The lowest BCUT2D eigenvalue weighted by Gasteiger charge is -2.30. The van der Waals surface area contributed by atoms with Crippen molar-refractivity contribution in [2.24, 2.45) is 5.92 Å². The highest BCUT2D eigenvalue weighted by atomic mass is 16.5. The van der Waals surface area contributed by atoms with Gasteiger partial charge in [-0.3, -0.25) is 14.7 Å². The van der Waals surface area contributed by atoms with E-state index in [4.69, 9.17) is 4.74 Å². The van der Waals surface area contributed by atoms with Gasteiger partial charge in [-0.2, -0.15) is 0 Å². The van der Waals surface area contributed by atoms with Gasteiger partial charge in [0.1, 0.15) is 5.75 Å². The van der Waals surface area contributed by atoms with Gasteiger partial charge in [0.25, 0.3) is 0 Å². The van der Waals surface area contributed by atoms with E-state index in [1.807, 2.05) is 43.6 Å². The first kappa shape index (κ1) is 17.9. The number of carbonyl (C=O) groups excluding carboxylic acids is 1. The van der Waals surface area contributed by atoms with Gasteiger partial charge in [-0.1, -0.05) is 19.9 Å². The number of anilines is 1. The summed E-state index contributed by atoms with van der Waals surface area (Å²) in [5.74, 6) is 1.09. The summed E-state index contributed by atoms with van der Waals surface area (Å²) in [6.45, 7) is 4.61. The predicted octanol–water partition coefficient (Wildman–Crippen LogP) is 3.36. The molecule has 128 valence electrons. The molecular weight excluding hydrogens is 302 g/mol. The predicted molar refractivity (Wildman–Crippen MR) is 96.1 cm³/mol. The fraction of sp³-hybridized carbons (Fsp3) is 0.368. The number of nitrogens with zero attached hydrogens (tertiary/aromatic N) is 2. The van der Waals surface area contributed by atoms with Crippen molar-refractivity contribution >= 4 is 11.6 Å². The first-order chi connectivity index (χ1) is 11.5. The number of nitrogens with one attached hydrogen (secondary N) is 1. The van der Waals surface area contributed by atoms with Crippen molar-refractivity contribution in [2.75, 3.05) is 26.0 Å². The highest BCUT2D eigenvalue weighted by Crippen LogP contribution is 2.26. The van der Waals surface area contributed by atoms with Crippen molar-refractivity contribution in [3.63, 3.8) is 0 Å². The van der Waals surface area contributed by atoms with Crippen LogP contribution < -0.4 is 10.1 Å². The Bertz CT molecular complexity index is 641. The Morgan fingerprint density at radius 2 is 1.96 bits per heavy atom. The second kappa shape index (κ2) is 8.45. The number of methoxy groups -OCH3 is 1. The molecule has 0 aliphatic rings. The number of pyridine rings is 1. The van der Waals surface area contributed by atoms with Crippen LogP contribution in [0.25, 0.3) is 0 Å². The first-order valence-electron chi connectivity index (χ1n) is 8.05. The molecule has 0 saturated carbocycles. The molecular formula is C19H25N3O2. The fourth-order valence-corrected chi connectivity index (χ4v) is 2.90. The number of likely N-dealkylation sites (N-methyl/N-ethyl adjacent to an activating group) is 1. The molecule has 5 heteroatoms. The summed E-state index contributed by atoms with van der Waals surface area (Å²) in [6, 6.07) is 11.4. The average Bonchev–Trinajstić information content (AvgIpc) is 2.56. The van der Waals surface area contributed by atoms with Crippen LogP contribution in [0.3, 0.4) is 0 Å². The quantitative estimate of drug-likeness (QED) is 0.847. The third-order valence-electron chi connectivity index (χ3n) is 3.90. The van der Waals surface area contributed by atoms with E-state index in [9.17, 15) is 4.79 Å². The van der Waals surface area contributed by atoms with Crippen molar-refractivity contribution < 1.29 is 9.53 Å². The molecule has 0 bridgehead atoms. The molecule has 1 aromatic carbocycles. The Morgan fingerprint density at radius 1 is 1.25 bits per heavy atom. The molecule has 24 heavy (non-hydrogen) atoms. The Kier molecular flexibility index (Phi) is 6.32. The van der Waals surface area contributed by atoms with Gasteiger partial charge < -0.3 is 10.1 Å². The van der Waals surface area contributed by atoms with Gasteiger partial charge in [0.15, 0.2) is 0 Å². The van der Waals surface area contributed by atoms with E-state index in [2.05, 4.69) is 35.1 Å². The van der Waals surface area contributed by atoms with Crippen LogP contribution in [0.4, 0.5) is 5.69 Å². The zero-order chi connectivity index (χ0) is 17.5. The lowest BCUT2D eigenvalue weighted by atomic mass is 9.96. The van der Waals surface area contributed by atoms with E-state index < -0.39 is 0 Å². The summed E-state index contributed by atoms with van der Waals surface area (Å²) in [4.78, 5) is 18.6. The van der Waals surface area contributed by atoms with Gasteiger partial charge in [0.2, 0.25) is 5.91 Å². The van der Waals surface area contributed by atoms with Gasteiger partial charge in [0.05, 0.1) is 13.7 Å². The largest absolute Gasteiger partial charge is 0.497 e. The molecule has 1 amide bonds. The van der Waals surface area contributed by atoms with Gasteiger partial charge in [-0.05, 0) is 48.9 Å². The van der Waals surface area contributed by atoms with E-state index >= 15 is 0 Å². The number of rotatable bonds is 7. The van der Waals surface area contributed by atoms with Crippen molar-refractivity contribution in [1.82, 2.24) is 9.88 Å². The maximum atomic E-state index is 12.3. The van der Waals surface area contributed by atoms with Crippen molar-refractivity contribution in [2.45, 2.75) is 19.9 Å². The summed E-state index contributed by atoms with van der Waals surface area (Å²) in [5.41, 5.74) is 1.88. The zero-order valence-electron chi connectivity index (χ0n) is 14.7. The molecule has 2 rings (SSSR count). The zero-order valence-corrected chi connectivity index (χ0v) is 14.7. The summed E-state index contributed by atoms with van der Waals surface area (Å²) < 4.78 is 5.12. The van der Waals surface area contributed by atoms with Crippen molar-refractivity contribution in [3.05, 3.63) is 54.4 Å². The van der Waals surface area contributed by atoms with Gasteiger partial charge >= 0.3 is 0 Å². The molecule has 1 heterocycles. The number of amides is 1. The Labute approximate surface area is 143 Å². The van der Waals surface area contributed by atoms with Crippen molar-refractivity contribution in [3.8, 4) is 5.75 Å². The number of hydrogen-bond donors (Lipinski definition) is 1. The first-order valence-corrected chi connectivity index (χ1v) is 8.05. The molecule has 1 N–H and O–H groups in total. The van der Waals surface area contributed by atoms with Crippen LogP contribution in [0, 0.1) is 5.92 Å². The fourth-order valence-electron chi connectivity index (χ4n) is 2.90. The Hall–Kier alpha value is -2.40. The maximum absolute atomic E-state index is 12.3. The van der Waals surface area contributed by atoms with E-state index in [1.165, 1.54) is 0 Å². The molecule has 0 unspecified atom stereocenters. The molecule has 2 aromatic rings. The molecule has 1 aromatic heterocycles. The van der Waals surface area contributed by atoms with E-state index in [0.29, 0.717) is 12.5 Å². The number of benzene rings is 1. The van der Waals surface area contributed by atoms with Crippen LogP contribution in [-0.4, -0.2) is 36.5 Å². The van der Waals surface area contributed by atoms with Crippen LogP contribution >= 0.6 is 0 Å². The third-order valence-corrected chi connectivity index (χ3v) is 3.90. The summed E-state index contributed by atoms with van der Waals surface area (Å²) in [5, 5.41) is 2.92. The van der Waals surface area contributed by atoms with Crippen LogP contribution in [0.5, 0.6) is 5.75 Å². The van der Waals surface area contributed by atoms with E-state index in [0.717, 1.165) is 17.0 Å². The average molecular weight is 327 g/mol. The van der Waals surface area contributed by atoms with E-state index in [-0.39, 0.29) is 11.9 Å². The van der Waals surface area contributed by atoms with Crippen LogP contribution in [0.1, 0.15) is 25.5 Å². The number of ether oxygens (including phenoxy) is 1. The second-order valence-electron chi connectivity index (χ2n) is 6.17. The Morgan fingerprint density at radius 3 is 2.50 bits per heavy atom. The molecule has 0 aliphatic heterocycles. The summed E-state index contributed by atoms with van der Waals surface area (Å²) in [7, 11) is 3.58. The number of aromatic nitrogens is 1. The molecule has 0 aliphatic carbocycles. The smallest absolute Gasteiger partial charge is 0.238 e. The topological polar surface area (TPSA) is 54.5 Å². The lowest BCUT2D eigenvalue weighted by molar-refractivity contribution is -0.117. The molecule has 0 fully saturated rings. The normalized spacial score (nSPS) is 12.2. The molecule has 0 radical (unpaired) electrons. The molecule has 5 nitrogen and oxygen atoms in total. The standard InChI is InChI=1S/C19H25N3O2/c1-14(2)19(15-6-5-11-20-12-15)22(3)13-18(23)21-16-7-9-17(24-4)10-8-16/h5-12,14,19H,13H2,1-4H3,(H,21,23)/t19-/m0/s1. The minimum atomic E-state index is -0.0443. The minimum Gasteiger partial charge on any atom is -0.497 e. The minimum absolute atomic E-state index is 0.0443. The van der Waals surface area contributed by atoms with Crippen LogP contribution in [0.2, 0.25) is 0 Å². The maximum Gasteiger partial charge on any atom is 0.238 e. The van der Waals surface area contributed by atoms with Crippen LogP contribution in [-0.2, 0) is 4.79 Å². The van der Waals surface area contributed by atoms with Gasteiger partial charge in [-0.25, -0.2) is 0 Å². The summed E-state index contributed by atoms with van der Waals surface area (Å²) >= 11 is 0. The number of hydrogen-bond acceptors (Lipinski definition) is 4. The van der Waals surface area contributed by atoms with Gasteiger partial charge in [0, 0.05) is 24.1 Å². The second-order valence-corrected chi connectivity index (χ2v) is 6.17. The monoisotopic (exact) mass is 327 g/mol. The highest BCUT2D eigenvalue weighted by Gasteiger charge is 2.22. The summed E-state index contributed by atoms with van der Waals surface area (Å²) in [6.07, 6.45) is 3.62. The SMILES string of the molecule is COc1ccc(NC(=O)CN(C)[C@H](c2cccnc2)C(C)C)cc1. The number of carbonyl (C=O) groups is 1. The third kappa shape index (κ3) is 4.80. The molecule has 0 spiro atoms. The highest BCUT2D eigenvalue weighted by molar-refractivity contribution is 5.92. The van der Waals surface area contributed by atoms with Gasteiger partial charge in [-0.15, -0.1) is 0 Å². The molecule has 1 atom stereocenters. The Balaban J connectivity index is 2.00. The lowest BCUT2D eigenvalue weighted by Crippen LogP contribution is -2.35. The molecule has 0 saturated heterocycles.